The molecule has 0 bridgehead atoms. The smallest absolute Gasteiger partial charge is 0.0981 e. The summed E-state index contributed by atoms with van der Waals surface area (Å²) in [5.41, 5.74) is 8.27. The monoisotopic (exact) mass is 176 g/mol. The first kappa shape index (κ1) is 9.78. The van der Waals surface area contributed by atoms with E-state index in [0.717, 1.165) is 18.8 Å². The molecule has 0 aliphatic carbocycles. The van der Waals surface area contributed by atoms with Gasteiger partial charge in [0.25, 0.3) is 0 Å². The number of amidine groups is 1. The normalized spacial score (nSPS) is 11.7. The molecule has 2 heteroatoms. The van der Waals surface area contributed by atoms with Crippen LogP contribution in [0.2, 0.25) is 0 Å². The van der Waals surface area contributed by atoms with Crippen molar-refractivity contribution in [2.45, 2.75) is 20.3 Å². The Bertz CT molecular complexity index is 303. The fraction of sp³-hybridized carbons (Fsp3) is 0.364. The fourth-order valence-corrected chi connectivity index (χ4v) is 1.26. The van der Waals surface area contributed by atoms with Gasteiger partial charge in [0.15, 0.2) is 0 Å². The molecule has 0 unspecified atom stereocenters. The largest absolute Gasteiger partial charge is 0.387 e. The molecule has 13 heavy (non-hydrogen) atoms. The number of hydrogen-bond acceptors (Lipinski definition) is 1. The van der Waals surface area contributed by atoms with E-state index < -0.39 is 0 Å². The van der Waals surface area contributed by atoms with Crippen LogP contribution in [0.1, 0.15) is 18.1 Å². The fourth-order valence-electron chi connectivity index (χ4n) is 1.26. The Balaban J connectivity index is 2.74. The van der Waals surface area contributed by atoms with Gasteiger partial charge in [-0.1, -0.05) is 24.3 Å². The van der Waals surface area contributed by atoms with E-state index in [4.69, 9.17) is 5.73 Å². The number of aryl methyl sites for hydroxylation is 1. The molecule has 0 saturated carbocycles. The van der Waals surface area contributed by atoms with Crippen molar-refractivity contribution in [2.75, 3.05) is 6.54 Å². The molecule has 0 fully saturated rings. The Kier molecular flexibility index (Phi) is 3.50. The second-order valence-corrected chi connectivity index (χ2v) is 3.07. The Labute approximate surface area is 79.5 Å². The molecule has 0 amide bonds. The predicted molar refractivity (Wildman–Crippen MR) is 57.0 cm³/mol. The van der Waals surface area contributed by atoms with Crippen molar-refractivity contribution in [3.63, 3.8) is 0 Å². The van der Waals surface area contributed by atoms with Crippen LogP contribution in [0.25, 0.3) is 0 Å². The first-order chi connectivity index (χ1) is 6.24. The highest BCUT2D eigenvalue weighted by molar-refractivity contribution is 5.82. The van der Waals surface area contributed by atoms with Crippen molar-refractivity contribution in [2.24, 2.45) is 10.7 Å². The van der Waals surface area contributed by atoms with Gasteiger partial charge in [-0.3, -0.25) is 4.99 Å². The lowest BCUT2D eigenvalue weighted by Gasteiger charge is -2.04. The van der Waals surface area contributed by atoms with E-state index in [1.807, 2.05) is 19.1 Å². The second kappa shape index (κ2) is 4.65. The van der Waals surface area contributed by atoms with Gasteiger partial charge in [-0.2, -0.15) is 0 Å². The molecular weight excluding hydrogens is 160 g/mol. The third-order valence-corrected chi connectivity index (χ3v) is 1.99. The highest BCUT2D eigenvalue weighted by Crippen LogP contribution is 2.07. The van der Waals surface area contributed by atoms with Crippen LogP contribution in [0.3, 0.4) is 0 Å². The molecule has 2 nitrogen and oxygen atoms in total. The van der Waals surface area contributed by atoms with Crippen LogP contribution in [0.4, 0.5) is 0 Å². The van der Waals surface area contributed by atoms with Gasteiger partial charge >= 0.3 is 0 Å². The van der Waals surface area contributed by atoms with Crippen molar-refractivity contribution < 1.29 is 0 Å². The Morgan fingerprint density at radius 2 is 2.08 bits per heavy atom. The first-order valence-electron chi connectivity index (χ1n) is 4.57. The second-order valence-electron chi connectivity index (χ2n) is 3.07. The van der Waals surface area contributed by atoms with E-state index in [9.17, 15) is 0 Å². The van der Waals surface area contributed by atoms with Crippen LogP contribution in [0, 0.1) is 6.92 Å². The minimum atomic E-state index is 0.719. The summed E-state index contributed by atoms with van der Waals surface area (Å²) >= 11 is 0. The van der Waals surface area contributed by atoms with E-state index in [-0.39, 0.29) is 0 Å². The van der Waals surface area contributed by atoms with E-state index >= 15 is 0 Å². The van der Waals surface area contributed by atoms with Gasteiger partial charge < -0.3 is 5.73 Å². The SMILES string of the molecule is CCN=C(N)Cc1ccccc1C. The van der Waals surface area contributed by atoms with Crippen LogP contribution < -0.4 is 5.73 Å². The molecule has 0 spiro atoms. The lowest BCUT2D eigenvalue weighted by molar-refractivity contribution is 1.09. The van der Waals surface area contributed by atoms with Gasteiger partial charge in [0.05, 0.1) is 5.84 Å². The minimum absolute atomic E-state index is 0.719. The van der Waals surface area contributed by atoms with Crippen molar-refractivity contribution in [1.29, 1.82) is 0 Å². The highest BCUT2D eigenvalue weighted by atomic mass is 14.8. The van der Waals surface area contributed by atoms with E-state index in [1.54, 1.807) is 0 Å². The summed E-state index contributed by atoms with van der Waals surface area (Å²) in [6.45, 7) is 4.84. The maximum Gasteiger partial charge on any atom is 0.0981 e. The van der Waals surface area contributed by atoms with E-state index in [0.29, 0.717) is 0 Å². The Morgan fingerprint density at radius 3 is 2.69 bits per heavy atom. The molecule has 0 saturated heterocycles. The molecule has 0 radical (unpaired) electrons. The van der Waals surface area contributed by atoms with Gasteiger partial charge in [0.1, 0.15) is 0 Å². The summed E-state index contributed by atoms with van der Waals surface area (Å²) < 4.78 is 0. The number of nitrogens with two attached hydrogens (primary N) is 1. The van der Waals surface area contributed by atoms with Gasteiger partial charge in [0.2, 0.25) is 0 Å². The third-order valence-electron chi connectivity index (χ3n) is 1.99. The summed E-state index contributed by atoms with van der Waals surface area (Å²) in [5, 5.41) is 0. The Morgan fingerprint density at radius 1 is 1.38 bits per heavy atom. The molecule has 0 heterocycles. The number of benzene rings is 1. The highest BCUT2D eigenvalue weighted by Gasteiger charge is 1.98. The van der Waals surface area contributed by atoms with Crippen LogP contribution >= 0.6 is 0 Å². The predicted octanol–water partition coefficient (Wildman–Crippen LogP) is 1.91. The average molecular weight is 176 g/mol. The molecule has 1 rings (SSSR count). The molecule has 2 N–H and O–H groups in total. The van der Waals surface area contributed by atoms with Crippen LogP contribution in [0.15, 0.2) is 29.3 Å². The van der Waals surface area contributed by atoms with Crippen molar-refractivity contribution in [3.8, 4) is 0 Å². The third kappa shape index (κ3) is 2.90. The van der Waals surface area contributed by atoms with Crippen LogP contribution in [-0.4, -0.2) is 12.4 Å². The standard InChI is InChI=1S/C11H16N2/c1-3-13-11(12)8-10-7-5-4-6-9(10)2/h4-7H,3,8H2,1-2H3,(H2,12,13). The molecule has 0 aromatic heterocycles. The topological polar surface area (TPSA) is 38.4 Å². The molecule has 0 aliphatic rings. The summed E-state index contributed by atoms with van der Waals surface area (Å²) in [4.78, 5) is 4.16. The molecule has 1 aromatic rings. The van der Waals surface area contributed by atoms with Crippen LogP contribution in [0.5, 0.6) is 0 Å². The zero-order valence-corrected chi connectivity index (χ0v) is 8.25. The van der Waals surface area contributed by atoms with Gasteiger partial charge in [0, 0.05) is 13.0 Å². The average Bonchev–Trinajstić information content (AvgIpc) is 2.09. The zero-order chi connectivity index (χ0) is 9.68. The summed E-state index contributed by atoms with van der Waals surface area (Å²) in [6.07, 6.45) is 0.764. The number of hydrogen-bond donors (Lipinski definition) is 1. The zero-order valence-electron chi connectivity index (χ0n) is 8.25. The summed E-state index contributed by atoms with van der Waals surface area (Å²) in [5.74, 6) is 0.719. The summed E-state index contributed by atoms with van der Waals surface area (Å²) in [6, 6.07) is 8.25. The quantitative estimate of drug-likeness (QED) is 0.554. The van der Waals surface area contributed by atoms with Crippen molar-refractivity contribution >= 4 is 5.84 Å². The van der Waals surface area contributed by atoms with Crippen molar-refractivity contribution in [1.82, 2.24) is 0 Å². The molecule has 0 atom stereocenters. The van der Waals surface area contributed by atoms with Gasteiger partial charge in [-0.05, 0) is 25.0 Å². The molecule has 0 aliphatic heterocycles. The maximum atomic E-state index is 5.74. The lowest BCUT2D eigenvalue weighted by Crippen LogP contribution is -2.15. The lowest BCUT2D eigenvalue weighted by atomic mass is 10.1. The number of nitrogens with zero attached hydrogens (tertiary/aromatic N) is 1. The van der Waals surface area contributed by atoms with Gasteiger partial charge in [-0.25, -0.2) is 0 Å². The number of aliphatic imine (C=N–C) groups is 1. The molecule has 1 aromatic carbocycles. The molecule has 70 valence electrons. The Hall–Kier alpha value is -1.31. The molecular formula is C11H16N2. The summed E-state index contributed by atoms with van der Waals surface area (Å²) in [7, 11) is 0. The maximum absolute atomic E-state index is 5.74. The van der Waals surface area contributed by atoms with Gasteiger partial charge in [-0.15, -0.1) is 0 Å². The van der Waals surface area contributed by atoms with Crippen molar-refractivity contribution in [3.05, 3.63) is 35.4 Å². The number of rotatable bonds is 3. The van der Waals surface area contributed by atoms with Crippen LogP contribution in [-0.2, 0) is 6.42 Å². The minimum Gasteiger partial charge on any atom is -0.387 e. The first-order valence-corrected chi connectivity index (χ1v) is 4.57. The van der Waals surface area contributed by atoms with E-state index in [1.165, 1.54) is 11.1 Å². The van der Waals surface area contributed by atoms with E-state index in [2.05, 4.69) is 24.0 Å².